The van der Waals surface area contributed by atoms with Crippen molar-refractivity contribution in [3.63, 3.8) is 0 Å². The number of piperidine rings is 1. The van der Waals surface area contributed by atoms with E-state index in [0.717, 1.165) is 25.8 Å². The van der Waals surface area contributed by atoms with Gasteiger partial charge in [0, 0.05) is 6.54 Å². The largest absolute Gasteiger partial charge is 0.392 e. The number of hydrogen-bond donors (Lipinski definition) is 1. The molecule has 1 saturated heterocycles. The molecule has 68 valence electrons. The van der Waals surface area contributed by atoms with Crippen molar-refractivity contribution >= 4 is 0 Å². The number of likely N-dealkylation sites (tertiary alicyclic amines) is 1. The lowest BCUT2D eigenvalue weighted by atomic mass is 10.1. The summed E-state index contributed by atoms with van der Waals surface area (Å²) in [6.45, 7) is 3.64. The Bertz CT molecular complexity index is 176. The molecule has 2 atom stereocenters. The van der Waals surface area contributed by atoms with Crippen molar-refractivity contribution in [2.45, 2.75) is 38.3 Å². The summed E-state index contributed by atoms with van der Waals surface area (Å²) >= 11 is 0. The fourth-order valence-corrected chi connectivity index (χ4v) is 1.70. The molecule has 0 amide bonds. The number of aliphatic hydroxyl groups is 1. The zero-order chi connectivity index (χ0) is 8.97. The molecule has 1 aliphatic heterocycles. The van der Waals surface area contributed by atoms with Gasteiger partial charge in [-0.1, -0.05) is 6.92 Å². The maximum absolute atomic E-state index is 9.37. The van der Waals surface area contributed by atoms with E-state index in [2.05, 4.69) is 11.0 Å². The van der Waals surface area contributed by atoms with E-state index in [1.54, 1.807) is 0 Å². The summed E-state index contributed by atoms with van der Waals surface area (Å²) in [6.07, 6.45) is 2.53. The van der Waals surface area contributed by atoms with Crippen LogP contribution >= 0.6 is 0 Å². The summed E-state index contributed by atoms with van der Waals surface area (Å²) in [6, 6.07) is 2.26. The number of nitriles is 1. The Hall–Kier alpha value is -0.590. The van der Waals surface area contributed by atoms with Crippen LogP contribution in [0.3, 0.4) is 0 Å². The highest BCUT2D eigenvalue weighted by Crippen LogP contribution is 2.13. The first-order valence-corrected chi connectivity index (χ1v) is 4.59. The van der Waals surface area contributed by atoms with Crippen molar-refractivity contribution in [3.8, 4) is 6.07 Å². The van der Waals surface area contributed by atoms with E-state index in [1.165, 1.54) is 0 Å². The first-order chi connectivity index (χ1) is 5.77. The summed E-state index contributed by atoms with van der Waals surface area (Å²) in [5.41, 5.74) is 0. The van der Waals surface area contributed by atoms with Crippen LogP contribution in [0.2, 0.25) is 0 Å². The van der Waals surface area contributed by atoms with Gasteiger partial charge in [-0.2, -0.15) is 5.26 Å². The third kappa shape index (κ3) is 2.20. The van der Waals surface area contributed by atoms with Crippen LogP contribution in [0.15, 0.2) is 0 Å². The Morgan fingerprint density at radius 1 is 1.75 bits per heavy atom. The molecule has 3 heteroatoms. The van der Waals surface area contributed by atoms with Gasteiger partial charge in [0.2, 0.25) is 0 Å². The molecule has 0 aromatic rings. The van der Waals surface area contributed by atoms with Crippen LogP contribution < -0.4 is 0 Å². The standard InChI is InChI=1S/C9H16N2O/c1-2-8(6-10)11-5-3-4-9(12)7-11/h8-9,12H,2-5,7H2,1H3/t8?,9-/m0/s1. The molecule has 0 radical (unpaired) electrons. The average molecular weight is 168 g/mol. The van der Waals surface area contributed by atoms with Gasteiger partial charge in [0.1, 0.15) is 0 Å². The van der Waals surface area contributed by atoms with Gasteiger partial charge in [-0.15, -0.1) is 0 Å². The predicted octanol–water partition coefficient (Wildman–Crippen LogP) is 0.745. The first-order valence-electron chi connectivity index (χ1n) is 4.59. The van der Waals surface area contributed by atoms with Crippen LogP contribution in [0, 0.1) is 11.3 Å². The van der Waals surface area contributed by atoms with Crippen molar-refractivity contribution in [1.29, 1.82) is 5.26 Å². The van der Waals surface area contributed by atoms with Gasteiger partial charge >= 0.3 is 0 Å². The SMILES string of the molecule is CCC(C#N)N1CCC[C@H](O)C1. The molecule has 3 nitrogen and oxygen atoms in total. The van der Waals surface area contributed by atoms with Crippen LogP contribution in [0.1, 0.15) is 26.2 Å². The summed E-state index contributed by atoms with van der Waals surface area (Å²) < 4.78 is 0. The van der Waals surface area contributed by atoms with Crippen LogP contribution in [0.5, 0.6) is 0 Å². The quantitative estimate of drug-likeness (QED) is 0.661. The highest BCUT2D eigenvalue weighted by Gasteiger charge is 2.22. The van der Waals surface area contributed by atoms with Gasteiger partial charge in [0.05, 0.1) is 18.2 Å². The molecule has 1 heterocycles. The van der Waals surface area contributed by atoms with E-state index in [-0.39, 0.29) is 12.1 Å². The molecular formula is C9H16N2O. The highest BCUT2D eigenvalue weighted by atomic mass is 16.3. The third-order valence-electron chi connectivity index (χ3n) is 2.40. The molecule has 1 rings (SSSR count). The number of hydrogen-bond acceptors (Lipinski definition) is 3. The van der Waals surface area contributed by atoms with Crippen molar-refractivity contribution in [2.24, 2.45) is 0 Å². The lowest BCUT2D eigenvalue weighted by molar-refractivity contribution is 0.0577. The molecule has 1 fully saturated rings. The van der Waals surface area contributed by atoms with Gasteiger partial charge in [0.25, 0.3) is 0 Å². The minimum absolute atomic E-state index is 0.0000463. The molecule has 0 aromatic carbocycles. The lowest BCUT2D eigenvalue weighted by Gasteiger charge is -2.32. The maximum atomic E-state index is 9.37. The van der Waals surface area contributed by atoms with E-state index in [4.69, 9.17) is 5.26 Å². The Labute approximate surface area is 73.6 Å². The van der Waals surface area contributed by atoms with E-state index < -0.39 is 0 Å². The smallest absolute Gasteiger partial charge is 0.0976 e. The minimum Gasteiger partial charge on any atom is -0.392 e. The maximum Gasteiger partial charge on any atom is 0.0976 e. The summed E-state index contributed by atoms with van der Waals surface area (Å²) in [7, 11) is 0. The number of aliphatic hydroxyl groups excluding tert-OH is 1. The van der Waals surface area contributed by atoms with Crippen LogP contribution in [0.25, 0.3) is 0 Å². The lowest BCUT2D eigenvalue weighted by Crippen LogP contribution is -2.43. The van der Waals surface area contributed by atoms with E-state index >= 15 is 0 Å². The topological polar surface area (TPSA) is 47.3 Å². The van der Waals surface area contributed by atoms with Crippen LogP contribution in [-0.4, -0.2) is 35.2 Å². The van der Waals surface area contributed by atoms with Gasteiger partial charge in [-0.3, -0.25) is 4.90 Å². The normalized spacial score (nSPS) is 27.9. The second-order valence-corrected chi connectivity index (χ2v) is 3.34. The Kier molecular flexibility index (Phi) is 3.51. The predicted molar refractivity (Wildman–Crippen MR) is 46.5 cm³/mol. The molecular weight excluding hydrogens is 152 g/mol. The van der Waals surface area contributed by atoms with Gasteiger partial charge in [0.15, 0.2) is 0 Å². The molecule has 1 aliphatic rings. The van der Waals surface area contributed by atoms with Crippen molar-refractivity contribution in [2.75, 3.05) is 13.1 Å². The summed E-state index contributed by atoms with van der Waals surface area (Å²) in [4.78, 5) is 2.08. The summed E-state index contributed by atoms with van der Waals surface area (Å²) in [5, 5.41) is 18.2. The number of β-amino-alcohol motifs (C(OH)–C–C–N with tert-alkyl or cyclic N) is 1. The highest BCUT2D eigenvalue weighted by molar-refractivity contribution is 4.92. The molecule has 0 saturated carbocycles. The first kappa shape index (κ1) is 9.50. The molecule has 0 aliphatic carbocycles. The minimum atomic E-state index is -0.221. The monoisotopic (exact) mass is 168 g/mol. The average Bonchev–Trinajstić information content (AvgIpc) is 2.07. The second-order valence-electron chi connectivity index (χ2n) is 3.34. The van der Waals surface area contributed by atoms with Crippen LogP contribution in [0.4, 0.5) is 0 Å². The Balaban J connectivity index is 2.45. The number of rotatable bonds is 2. The zero-order valence-corrected chi connectivity index (χ0v) is 7.53. The molecule has 1 unspecified atom stereocenters. The molecule has 12 heavy (non-hydrogen) atoms. The van der Waals surface area contributed by atoms with Crippen molar-refractivity contribution < 1.29 is 5.11 Å². The third-order valence-corrected chi connectivity index (χ3v) is 2.40. The number of nitrogens with zero attached hydrogens (tertiary/aromatic N) is 2. The van der Waals surface area contributed by atoms with Crippen molar-refractivity contribution in [1.82, 2.24) is 4.90 Å². The molecule has 1 N–H and O–H groups in total. The summed E-state index contributed by atoms with van der Waals surface area (Å²) in [5.74, 6) is 0. The molecule has 0 bridgehead atoms. The van der Waals surface area contributed by atoms with E-state index in [9.17, 15) is 5.11 Å². The van der Waals surface area contributed by atoms with Gasteiger partial charge in [-0.05, 0) is 25.8 Å². The molecule has 0 spiro atoms. The van der Waals surface area contributed by atoms with Crippen molar-refractivity contribution in [3.05, 3.63) is 0 Å². The fraction of sp³-hybridized carbons (Fsp3) is 0.889. The van der Waals surface area contributed by atoms with E-state index in [0.29, 0.717) is 6.54 Å². The Morgan fingerprint density at radius 3 is 3.00 bits per heavy atom. The molecule has 0 aromatic heterocycles. The fourth-order valence-electron chi connectivity index (χ4n) is 1.70. The van der Waals surface area contributed by atoms with E-state index in [1.807, 2.05) is 6.92 Å². The van der Waals surface area contributed by atoms with Crippen LogP contribution in [-0.2, 0) is 0 Å². The zero-order valence-electron chi connectivity index (χ0n) is 7.53. The Morgan fingerprint density at radius 2 is 2.50 bits per heavy atom. The second kappa shape index (κ2) is 4.44. The van der Waals surface area contributed by atoms with Gasteiger partial charge in [-0.25, -0.2) is 0 Å². The van der Waals surface area contributed by atoms with Gasteiger partial charge < -0.3 is 5.11 Å².